The first-order valence-corrected chi connectivity index (χ1v) is 9.49. The number of benzene rings is 1. The van der Waals surface area contributed by atoms with Crippen molar-refractivity contribution in [3.8, 4) is 11.5 Å². The molecule has 0 fully saturated rings. The van der Waals surface area contributed by atoms with E-state index in [-0.39, 0.29) is 5.56 Å². The summed E-state index contributed by atoms with van der Waals surface area (Å²) >= 11 is 6.10. The number of fused-ring (bicyclic) bond motifs is 1. The van der Waals surface area contributed by atoms with E-state index < -0.39 is 13.9 Å². The van der Waals surface area contributed by atoms with E-state index in [1.807, 2.05) is 0 Å². The van der Waals surface area contributed by atoms with Gasteiger partial charge < -0.3 is 4.57 Å². The van der Waals surface area contributed by atoms with Gasteiger partial charge in [0.15, 0.2) is 5.82 Å². The summed E-state index contributed by atoms with van der Waals surface area (Å²) in [6, 6.07) is 1.71. The number of aryl methyl sites for hydroxylation is 1. The van der Waals surface area contributed by atoms with Gasteiger partial charge in [-0.05, 0) is 6.07 Å². The second-order valence-electron chi connectivity index (χ2n) is 5.27. The fourth-order valence-electron chi connectivity index (χ4n) is 1.56. The number of hydrogen-bond donors (Lipinski definition) is 0. The van der Waals surface area contributed by atoms with Crippen molar-refractivity contribution >= 4 is 30.7 Å². The zero-order valence-corrected chi connectivity index (χ0v) is 12.6. The molecule has 2 rings (SSSR count). The molecule has 2 aromatic rings. The van der Waals surface area contributed by atoms with Crippen LogP contribution >= 0.6 is 11.6 Å². The highest BCUT2D eigenvalue weighted by molar-refractivity contribution is 6.83. The van der Waals surface area contributed by atoms with Crippen molar-refractivity contribution < 1.29 is 4.39 Å². The Bertz CT molecular complexity index is 674. The lowest BCUT2D eigenvalue weighted by Crippen LogP contribution is -2.16. The van der Waals surface area contributed by atoms with Crippen LogP contribution in [0.5, 0.6) is 0 Å². The van der Waals surface area contributed by atoms with E-state index in [2.05, 4.69) is 36.1 Å². The Morgan fingerprint density at radius 2 is 2.06 bits per heavy atom. The Balaban J connectivity index is 2.68. The lowest BCUT2D eigenvalue weighted by Gasteiger charge is -2.05. The van der Waals surface area contributed by atoms with Gasteiger partial charge in [0.25, 0.3) is 0 Å². The second-order valence-corrected chi connectivity index (χ2v) is 10.4. The van der Waals surface area contributed by atoms with Crippen molar-refractivity contribution in [3.63, 3.8) is 0 Å². The quantitative estimate of drug-likeness (QED) is 0.533. The molecule has 0 unspecified atom stereocenters. The summed E-state index contributed by atoms with van der Waals surface area (Å²) in [5.74, 6) is 2.45. The second kappa shape index (κ2) is 4.41. The highest BCUT2D eigenvalue weighted by Gasteiger charge is 2.15. The summed E-state index contributed by atoms with van der Waals surface area (Å²) in [7, 11) is 0.244. The molecule has 0 atom stereocenters. The minimum absolute atomic E-state index is 0.255. The average Bonchev–Trinajstić information content (AvgIpc) is 2.59. The Hall–Kier alpha value is -1.31. The fourth-order valence-corrected chi connectivity index (χ4v) is 2.29. The van der Waals surface area contributed by atoms with Crippen LogP contribution in [0.4, 0.5) is 4.39 Å². The maximum absolute atomic E-state index is 14.3. The van der Waals surface area contributed by atoms with Crippen LogP contribution in [0.15, 0.2) is 12.4 Å². The Kier molecular flexibility index (Phi) is 3.22. The van der Waals surface area contributed by atoms with Crippen LogP contribution in [0, 0.1) is 17.3 Å². The molecule has 0 bridgehead atoms. The van der Waals surface area contributed by atoms with Gasteiger partial charge in [-0.3, -0.25) is 0 Å². The number of imidazole rings is 1. The zero-order chi connectivity index (χ0) is 13.5. The normalized spacial score (nSPS) is 11.4. The lowest BCUT2D eigenvalue weighted by molar-refractivity contribution is 0.634. The Labute approximate surface area is 112 Å². The molecule has 2 nitrogen and oxygen atoms in total. The van der Waals surface area contributed by atoms with Crippen molar-refractivity contribution in [2.24, 2.45) is 7.05 Å². The molecular formula is C13H14ClFN2Si. The van der Waals surface area contributed by atoms with Crippen LogP contribution in [0.3, 0.4) is 0 Å². The van der Waals surface area contributed by atoms with Gasteiger partial charge in [0, 0.05) is 7.05 Å². The van der Waals surface area contributed by atoms with Crippen molar-refractivity contribution in [2.45, 2.75) is 19.6 Å². The van der Waals surface area contributed by atoms with Gasteiger partial charge in [-0.2, -0.15) is 0 Å². The van der Waals surface area contributed by atoms with Gasteiger partial charge in [-0.15, -0.1) is 5.54 Å². The zero-order valence-electron chi connectivity index (χ0n) is 10.8. The first-order chi connectivity index (χ1) is 8.29. The van der Waals surface area contributed by atoms with Gasteiger partial charge in [-0.25, -0.2) is 9.37 Å². The molecule has 94 valence electrons. The molecule has 0 amide bonds. The van der Waals surface area contributed by atoms with Crippen LogP contribution in [0.25, 0.3) is 11.0 Å². The van der Waals surface area contributed by atoms with E-state index in [1.54, 1.807) is 24.0 Å². The molecule has 1 aromatic carbocycles. The number of aromatic nitrogens is 2. The van der Waals surface area contributed by atoms with Crippen molar-refractivity contribution in [1.82, 2.24) is 9.55 Å². The van der Waals surface area contributed by atoms with Crippen LogP contribution in [-0.2, 0) is 7.05 Å². The summed E-state index contributed by atoms with van der Waals surface area (Å²) in [5.41, 5.74) is 4.37. The minimum atomic E-state index is -1.56. The van der Waals surface area contributed by atoms with Gasteiger partial charge in [-0.1, -0.05) is 37.2 Å². The number of hydrogen-bond acceptors (Lipinski definition) is 1. The van der Waals surface area contributed by atoms with Crippen LogP contribution < -0.4 is 0 Å². The third-order valence-electron chi connectivity index (χ3n) is 2.47. The first-order valence-electron chi connectivity index (χ1n) is 5.62. The molecule has 0 saturated heterocycles. The SMILES string of the molecule is Cn1cnc2c(F)c(C#C[Si](C)(C)C)c(Cl)cc21. The van der Waals surface area contributed by atoms with Gasteiger partial charge >= 0.3 is 0 Å². The smallest absolute Gasteiger partial charge is 0.168 e. The Morgan fingerprint density at radius 3 is 2.67 bits per heavy atom. The molecule has 0 aliphatic carbocycles. The highest BCUT2D eigenvalue weighted by Crippen LogP contribution is 2.26. The largest absolute Gasteiger partial charge is 0.334 e. The molecule has 5 heteroatoms. The van der Waals surface area contributed by atoms with Crippen LogP contribution in [0.2, 0.25) is 24.7 Å². The fraction of sp³-hybridized carbons (Fsp3) is 0.308. The molecule has 18 heavy (non-hydrogen) atoms. The predicted octanol–water partition coefficient (Wildman–Crippen LogP) is 3.59. The molecular weight excluding hydrogens is 267 g/mol. The third-order valence-corrected chi connectivity index (χ3v) is 3.65. The molecule has 0 N–H and O–H groups in total. The van der Waals surface area contributed by atoms with Gasteiger partial charge in [0.1, 0.15) is 13.6 Å². The van der Waals surface area contributed by atoms with Gasteiger partial charge in [0.05, 0.1) is 22.4 Å². The number of halogens is 2. The average molecular weight is 281 g/mol. The molecule has 0 saturated carbocycles. The van der Waals surface area contributed by atoms with E-state index in [9.17, 15) is 4.39 Å². The van der Waals surface area contributed by atoms with E-state index in [0.717, 1.165) is 0 Å². The minimum Gasteiger partial charge on any atom is -0.334 e. The third kappa shape index (κ3) is 2.42. The Morgan fingerprint density at radius 1 is 1.39 bits per heavy atom. The van der Waals surface area contributed by atoms with Gasteiger partial charge in [0.2, 0.25) is 0 Å². The molecule has 0 spiro atoms. The van der Waals surface area contributed by atoms with E-state index in [1.165, 1.54) is 0 Å². The number of rotatable bonds is 0. The van der Waals surface area contributed by atoms with Crippen LogP contribution in [0.1, 0.15) is 5.56 Å². The maximum atomic E-state index is 14.3. The van der Waals surface area contributed by atoms with E-state index >= 15 is 0 Å². The van der Waals surface area contributed by atoms with E-state index in [4.69, 9.17) is 11.6 Å². The summed E-state index contributed by atoms with van der Waals surface area (Å²) in [6.07, 6.45) is 1.57. The number of nitrogens with zero attached hydrogens (tertiary/aromatic N) is 2. The standard InChI is InChI=1S/C13H14ClFN2Si/c1-17-8-16-13-11(17)7-10(14)9(12(13)15)5-6-18(2,3)4/h7-8H,1-4H3. The van der Waals surface area contributed by atoms with Crippen molar-refractivity contribution in [3.05, 3.63) is 28.8 Å². The summed E-state index contributed by atoms with van der Waals surface area (Å²) in [6.45, 7) is 6.31. The van der Waals surface area contributed by atoms with Crippen molar-refractivity contribution in [2.75, 3.05) is 0 Å². The highest BCUT2D eigenvalue weighted by atomic mass is 35.5. The lowest BCUT2D eigenvalue weighted by atomic mass is 10.2. The predicted molar refractivity (Wildman–Crippen MR) is 75.9 cm³/mol. The molecule has 1 heterocycles. The molecule has 0 aliphatic heterocycles. The summed E-state index contributed by atoms with van der Waals surface area (Å²) in [4.78, 5) is 4.04. The monoisotopic (exact) mass is 280 g/mol. The molecule has 0 aliphatic rings. The topological polar surface area (TPSA) is 17.8 Å². The summed E-state index contributed by atoms with van der Waals surface area (Å²) in [5, 5.41) is 0.342. The van der Waals surface area contributed by atoms with E-state index in [0.29, 0.717) is 16.1 Å². The molecule has 0 radical (unpaired) electrons. The molecule has 1 aromatic heterocycles. The first kappa shape index (κ1) is 13.1. The van der Waals surface area contributed by atoms with Crippen molar-refractivity contribution in [1.29, 1.82) is 0 Å². The summed E-state index contributed by atoms with van der Waals surface area (Å²) < 4.78 is 16.0. The van der Waals surface area contributed by atoms with Crippen LogP contribution in [-0.4, -0.2) is 17.6 Å². The maximum Gasteiger partial charge on any atom is 0.168 e.